The number of hydrogen-bond donors (Lipinski definition) is 2. The monoisotopic (exact) mass is 258 g/mol. The van der Waals surface area contributed by atoms with Gasteiger partial charge >= 0.3 is 6.09 Å². The number of nitrogens with two attached hydrogens (primary N) is 1. The lowest BCUT2D eigenvalue weighted by Gasteiger charge is -2.29. The molecule has 0 aromatic heterocycles. The summed E-state index contributed by atoms with van der Waals surface area (Å²) in [6.07, 6.45) is 3.31. The summed E-state index contributed by atoms with van der Waals surface area (Å²) in [5.74, 6) is 0. The fourth-order valence-corrected chi connectivity index (χ4v) is 2.04. The average Bonchev–Trinajstić information content (AvgIpc) is 2.25. The lowest BCUT2D eigenvalue weighted by atomic mass is 10.0. The van der Waals surface area contributed by atoms with Crippen molar-refractivity contribution in [2.75, 3.05) is 13.2 Å². The van der Waals surface area contributed by atoms with E-state index in [9.17, 15) is 4.79 Å². The van der Waals surface area contributed by atoms with E-state index in [0.29, 0.717) is 13.0 Å². The van der Waals surface area contributed by atoms with E-state index in [1.54, 1.807) is 0 Å². The van der Waals surface area contributed by atoms with Crippen molar-refractivity contribution in [3.8, 4) is 0 Å². The quantitative estimate of drug-likeness (QED) is 0.788. The largest absolute Gasteiger partial charge is 0.445 e. The first-order valence-electron chi connectivity index (χ1n) is 6.69. The standard InChI is InChI=1S/C13H26N2O3/c1-13(2,3)15-9-11(18-12(14)16)8-10-6-4-5-7-17-10/h10-11,15H,4-9H2,1-3H3,(H2,14,16)/t10-,11-/m0/s1. The van der Waals surface area contributed by atoms with Crippen molar-refractivity contribution < 1.29 is 14.3 Å². The number of carbonyl (C=O) groups excluding carboxylic acids is 1. The van der Waals surface area contributed by atoms with Crippen LogP contribution >= 0.6 is 0 Å². The van der Waals surface area contributed by atoms with Gasteiger partial charge in [0.1, 0.15) is 6.10 Å². The second-order valence-corrected chi connectivity index (χ2v) is 5.91. The third-order valence-corrected chi connectivity index (χ3v) is 2.94. The molecule has 1 amide bonds. The van der Waals surface area contributed by atoms with Gasteiger partial charge in [0.15, 0.2) is 0 Å². The third-order valence-electron chi connectivity index (χ3n) is 2.94. The molecule has 5 heteroatoms. The van der Waals surface area contributed by atoms with Crippen molar-refractivity contribution in [1.82, 2.24) is 5.32 Å². The fourth-order valence-electron chi connectivity index (χ4n) is 2.04. The van der Waals surface area contributed by atoms with Crippen molar-refractivity contribution in [1.29, 1.82) is 0 Å². The highest BCUT2D eigenvalue weighted by molar-refractivity contribution is 5.64. The molecule has 0 unspecified atom stereocenters. The summed E-state index contributed by atoms with van der Waals surface area (Å²) in [6.45, 7) is 7.63. The van der Waals surface area contributed by atoms with Crippen LogP contribution in [0.5, 0.6) is 0 Å². The van der Waals surface area contributed by atoms with Crippen LogP contribution < -0.4 is 11.1 Å². The van der Waals surface area contributed by atoms with Gasteiger partial charge in [-0.3, -0.25) is 0 Å². The van der Waals surface area contributed by atoms with Crippen molar-refractivity contribution in [3.63, 3.8) is 0 Å². The Balaban J connectivity index is 2.41. The Kier molecular flexibility index (Phi) is 5.88. The van der Waals surface area contributed by atoms with Crippen LogP contribution in [-0.4, -0.2) is 37.0 Å². The number of amides is 1. The van der Waals surface area contributed by atoms with Crippen molar-refractivity contribution in [2.45, 2.75) is 64.2 Å². The minimum Gasteiger partial charge on any atom is -0.445 e. The van der Waals surface area contributed by atoms with Crippen LogP contribution in [0.4, 0.5) is 4.79 Å². The SMILES string of the molecule is CC(C)(C)NC[C@H](C[C@@H]1CCCCO1)OC(N)=O. The van der Waals surface area contributed by atoms with Crippen LogP contribution in [0.15, 0.2) is 0 Å². The number of primary amides is 1. The first-order valence-corrected chi connectivity index (χ1v) is 6.69. The number of hydrogen-bond acceptors (Lipinski definition) is 4. The maximum Gasteiger partial charge on any atom is 0.404 e. The van der Waals surface area contributed by atoms with E-state index in [1.165, 1.54) is 6.42 Å². The molecule has 0 spiro atoms. The molecule has 1 rings (SSSR count). The van der Waals surface area contributed by atoms with Crippen LogP contribution in [0.25, 0.3) is 0 Å². The van der Waals surface area contributed by atoms with Crippen molar-refractivity contribution >= 4 is 6.09 Å². The minimum atomic E-state index is -0.716. The molecular formula is C13H26N2O3. The Bertz CT molecular complexity index is 257. The summed E-state index contributed by atoms with van der Waals surface area (Å²) in [5.41, 5.74) is 5.10. The normalized spacial score (nSPS) is 22.5. The predicted molar refractivity (Wildman–Crippen MR) is 70.4 cm³/mol. The van der Waals surface area contributed by atoms with Gasteiger partial charge in [-0.25, -0.2) is 4.79 Å². The third kappa shape index (κ3) is 6.81. The van der Waals surface area contributed by atoms with Crippen LogP contribution in [0.2, 0.25) is 0 Å². The summed E-state index contributed by atoms with van der Waals surface area (Å²) < 4.78 is 10.8. The molecule has 1 aliphatic rings. The molecule has 1 saturated heterocycles. The summed E-state index contributed by atoms with van der Waals surface area (Å²) in [7, 11) is 0. The smallest absolute Gasteiger partial charge is 0.404 e. The van der Waals surface area contributed by atoms with Crippen molar-refractivity contribution in [2.24, 2.45) is 5.73 Å². The fraction of sp³-hybridized carbons (Fsp3) is 0.923. The van der Waals surface area contributed by atoms with Crippen LogP contribution in [-0.2, 0) is 9.47 Å². The highest BCUT2D eigenvalue weighted by Gasteiger charge is 2.23. The zero-order valence-electron chi connectivity index (χ0n) is 11.7. The minimum absolute atomic E-state index is 0.00726. The molecule has 0 saturated carbocycles. The maximum atomic E-state index is 10.9. The van der Waals surface area contributed by atoms with Gasteiger partial charge in [-0.05, 0) is 40.0 Å². The Labute approximate surface area is 109 Å². The van der Waals surface area contributed by atoms with Gasteiger partial charge in [-0.1, -0.05) is 0 Å². The van der Waals surface area contributed by atoms with Gasteiger partial charge in [0.2, 0.25) is 0 Å². The Morgan fingerprint density at radius 3 is 2.72 bits per heavy atom. The van der Waals surface area contributed by atoms with E-state index in [0.717, 1.165) is 19.4 Å². The van der Waals surface area contributed by atoms with Gasteiger partial charge in [0.25, 0.3) is 0 Å². The first-order chi connectivity index (χ1) is 8.37. The Morgan fingerprint density at radius 1 is 1.50 bits per heavy atom. The molecule has 0 bridgehead atoms. The van der Waals surface area contributed by atoms with E-state index in [2.05, 4.69) is 26.1 Å². The molecule has 3 N–H and O–H groups in total. The predicted octanol–water partition coefficient (Wildman–Crippen LogP) is 1.80. The Morgan fingerprint density at radius 2 is 2.22 bits per heavy atom. The summed E-state index contributed by atoms with van der Waals surface area (Å²) in [5, 5.41) is 3.33. The molecule has 0 aromatic rings. The van der Waals surface area contributed by atoms with E-state index >= 15 is 0 Å². The highest BCUT2D eigenvalue weighted by Crippen LogP contribution is 2.18. The zero-order chi connectivity index (χ0) is 13.6. The lowest BCUT2D eigenvalue weighted by Crippen LogP contribution is -2.44. The first kappa shape index (κ1) is 15.2. The number of ether oxygens (including phenoxy) is 2. The summed E-state index contributed by atoms with van der Waals surface area (Å²) >= 11 is 0. The van der Waals surface area contributed by atoms with Gasteiger partial charge in [-0.2, -0.15) is 0 Å². The van der Waals surface area contributed by atoms with Crippen LogP contribution in [0, 0.1) is 0 Å². The number of carbonyl (C=O) groups is 1. The Hall–Kier alpha value is -0.810. The van der Waals surface area contributed by atoms with Gasteiger partial charge in [0, 0.05) is 25.1 Å². The molecule has 0 aliphatic carbocycles. The average molecular weight is 258 g/mol. The second kappa shape index (κ2) is 6.95. The molecule has 0 aromatic carbocycles. The molecule has 1 aliphatic heterocycles. The second-order valence-electron chi connectivity index (χ2n) is 5.91. The lowest BCUT2D eigenvalue weighted by molar-refractivity contribution is -0.0184. The summed E-state index contributed by atoms with van der Waals surface area (Å²) in [6, 6.07) is 0. The highest BCUT2D eigenvalue weighted by atomic mass is 16.6. The van der Waals surface area contributed by atoms with Crippen LogP contribution in [0.3, 0.4) is 0 Å². The van der Waals surface area contributed by atoms with E-state index in [4.69, 9.17) is 15.2 Å². The van der Waals surface area contributed by atoms with E-state index in [1.807, 2.05) is 0 Å². The molecule has 106 valence electrons. The molecule has 18 heavy (non-hydrogen) atoms. The van der Waals surface area contributed by atoms with Crippen molar-refractivity contribution in [3.05, 3.63) is 0 Å². The van der Waals surface area contributed by atoms with Gasteiger partial charge in [0.05, 0.1) is 6.10 Å². The molecule has 2 atom stereocenters. The van der Waals surface area contributed by atoms with E-state index in [-0.39, 0.29) is 17.7 Å². The van der Waals surface area contributed by atoms with Gasteiger partial charge in [-0.15, -0.1) is 0 Å². The summed E-state index contributed by atoms with van der Waals surface area (Å²) in [4.78, 5) is 10.9. The zero-order valence-corrected chi connectivity index (χ0v) is 11.7. The topological polar surface area (TPSA) is 73.6 Å². The number of rotatable bonds is 5. The molecule has 1 fully saturated rings. The maximum absolute atomic E-state index is 10.9. The molecule has 0 radical (unpaired) electrons. The van der Waals surface area contributed by atoms with E-state index < -0.39 is 6.09 Å². The molecule has 5 nitrogen and oxygen atoms in total. The molecule has 1 heterocycles. The number of nitrogens with one attached hydrogen (secondary N) is 1. The van der Waals surface area contributed by atoms with Gasteiger partial charge < -0.3 is 20.5 Å². The molecular weight excluding hydrogens is 232 g/mol. The van der Waals surface area contributed by atoms with Crippen LogP contribution in [0.1, 0.15) is 46.5 Å².